The molecule has 0 unspecified atom stereocenters. The fraction of sp³-hybridized carbons (Fsp3) is 0.556. The van der Waals surface area contributed by atoms with Crippen LogP contribution in [0, 0.1) is 0 Å². The Hall–Kier alpha value is -1.17. The molecule has 7 nitrogen and oxygen atoms in total. The van der Waals surface area contributed by atoms with Crippen LogP contribution >= 0.6 is 7.60 Å². The van der Waals surface area contributed by atoms with Gasteiger partial charge in [0.2, 0.25) is 12.2 Å². The van der Waals surface area contributed by atoms with Crippen molar-refractivity contribution in [2.45, 2.75) is 19.1 Å². The molecule has 17 heavy (non-hydrogen) atoms. The largest absolute Gasteiger partial charge is 0.467 e. The van der Waals surface area contributed by atoms with Gasteiger partial charge in [-0.2, -0.15) is 0 Å². The minimum absolute atomic E-state index is 0.845. The third kappa shape index (κ3) is 2.94. The second kappa shape index (κ2) is 5.44. The van der Waals surface area contributed by atoms with Crippen LogP contribution in [0.5, 0.6) is 0 Å². The Morgan fingerprint density at radius 2 is 1.53 bits per heavy atom. The molecule has 0 bridgehead atoms. The summed E-state index contributed by atoms with van der Waals surface area (Å²) in [7, 11) is -1.35. The van der Waals surface area contributed by atoms with Crippen LogP contribution in [0.1, 0.15) is 6.92 Å². The normalized spacial score (nSPS) is 27.0. The zero-order valence-electron chi connectivity index (χ0n) is 9.61. The predicted molar refractivity (Wildman–Crippen MR) is 56.2 cm³/mol. The van der Waals surface area contributed by atoms with Crippen LogP contribution in [0.25, 0.3) is 0 Å². The van der Waals surface area contributed by atoms with Crippen LogP contribution in [-0.2, 0) is 32.7 Å². The molecule has 1 fully saturated rings. The quantitative estimate of drug-likeness (QED) is 0.551. The van der Waals surface area contributed by atoms with Crippen LogP contribution in [0.2, 0.25) is 0 Å². The molecule has 0 aliphatic carbocycles. The van der Waals surface area contributed by atoms with E-state index in [0.717, 1.165) is 20.0 Å². The third-order valence-corrected chi connectivity index (χ3v) is 3.70. The standard InChI is InChI=1S/C9H13O7P/c1-4-5-17(12)15-6(8(10)13-2)7(16-17)9(11)14-3/h4-7H,1-3H3/b5-4-/t6-,7-/m1/s1. The predicted octanol–water partition coefficient (Wildman–Crippen LogP) is 0.843. The van der Waals surface area contributed by atoms with Crippen molar-refractivity contribution in [2.75, 3.05) is 14.2 Å². The molecule has 8 heteroatoms. The van der Waals surface area contributed by atoms with Crippen molar-refractivity contribution in [3.63, 3.8) is 0 Å². The van der Waals surface area contributed by atoms with E-state index in [2.05, 4.69) is 9.47 Å². The molecule has 1 rings (SSSR count). The van der Waals surface area contributed by atoms with E-state index < -0.39 is 31.7 Å². The van der Waals surface area contributed by atoms with E-state index in [1.807, 2.05) is 0 Å². The molecule has 0 aromatic carbocycles. The number of carbonyl (C=O) groups is 2. The Kier molecular flexibility index (Phi) is 4.45. The van der Waals surface area contributed by atoms with Crippen molar-refractivity contribution in [1.29, 1.82) is 0 Å². The Balaban J connectivity index is 2.98. The van der Waals surface area contributed by atoms with Crippen molar-refractivity contribution < 1.29 is 32.7 Å². The van der Waals surface area contributed by atoms with Gasteiger partial charge in [-0.3, -0.25) is 13.6 Å². The van der Waals surface area contributed by atoms with E-state index >= 15 is 0 Å². The van der Waals surface area contributed by atoms with Crippen molar-refractivity contribution in [3.05, 3.63) is 11.9 Å². The van der Waals surface area contributed by atoms with E-state index in [9.17, 15) is 14.2 Å². The highest BCUT2D eigenvalue weighted by molar-refractivity contribution is 7.57. The van der Waals surface area contributed by atoms with E-state index in [0.29, 0.717) is 0 Å². The van der Waals surface area contributed by atoms with Gasteiger partial charge in [0.05, 0.1) is 14.2 Å². The van der Waals surface area contributed by atoms with Gasteiger partial charge in [0.1, 0.15) is 0 Å². The third-order valence-electron chi connectivity index (χ3n) is 1.99. The van der Waals surface area contributed by atoms with Gasteiger partial charge in [-0.1, -0.05) is 6.08 Å². The topological polar surface area (TPSA) is 88.1 Å². The molecule has 0 aromatic rings. The lowest BCUT2D eigenvalue weighted by Crippen LogP contribution is -2.38. The second-order valence-electron chi connectivity index (χ2n) is 3.12. The van der Waals surface area contributed by atoms with E-state index in [4.69, 9.17) is 9.05 Å². The molecule has 1 aliphatic heterocycles. The zero-order valence-corrected chi connectivity index (χ0v) is 10.5. The van der Waals surface area contributed by atoms with Crippen molar-refractivity contribution in [2.24, 2.45) is 0 Å². The first-order chi connectivity index (χ1) is 7.97. The molecule has 1 aliphatic rings. The molecule has 0 aromatic heterocycles. The zero-order chi connectivity index (χ0) is 13.1. The Bertz CT molecular complexity index is 361. The molecule has 1 saturated heterocycles. The van der Waals surface area contributed by atoms with Gasteiger partial charge in [0.15, 0.2) is 0 Å². The van der Waals surface area contributed by atoms with Crippen molar-refractivity contribution in [1.82, 2.24) is 0 Å². The number of esters is 2. The van der Waals surface area contributed by atoms with Gasteiger partial charge in [-0.15, -0.1) is 0 Å². The molecule has 0 saturated carbocycles. The lowest BCUT2D eigenvalue weighted by atomic mass is 10.2. The van der Waals surface area contributed by atoms with E-state index in [1.165, 1.54) is 6.08 Å². The molecule has 0 N–H and O–H groups in total. The summed E-state index contributed by atoms with van der Waals surface area (Å²) in [6, 6.07) is 0. The smallest absolute Gasteiger partial charge is 0.355 e. The number of allylic oxidation sites excluding steroid dienone is 1. The van der Waals surface area contributed by atoms with Crippen LogP contribution in [0.15, 0.2) is 11.9 Å². The van der Waals surface area contributed by atoms with Gasteiger partial charge in [0, 0.05) is 5.82 Å². The van der Waals surface area contributed by atoms with E-state index in [1.54, 1.807) is 6.92 Å². The summed E-state index contributed by atoms with van der Waals surface area (Å²) in [5.74, 6) is -0.531. The van der Waals surface area contributed by atoms with Crippen LogP contribution in [-0.4, -0.2) is 38.4 Å². The SMILES string of the molecule is C/C=C\P1(=O)O[C@@H](C(=O)OC)[C@H](C(=O)OC)O1. The fourth-order valence-electron chi connectivity index (χ4n) is 1.27. The minimum Gasteiger partial charge on any atom is -0.467 e. The van der Waals surface area contributed by atoms with Gasteiger partial charge >= 0.3 is 19.5 Å². The number of rotatable bonds is 3. The summed E-state index contributed by atoms with van der Waals surface area (Å²) >= 11 is 0. The summed E-state index contributed by atoms with van der Waals surface area (Å²) in [6.45, 7) is 1.60. The van der Waals surface area contributed by atoms with Crippen LogP contribution in [0.3, 0.4) is 0 Å². The number of methoxy groups -OCH3 is 2. The highest BCUT2D eigenvalue weighted by Gasteiger charge is 2.51. The number of carbonyl (C=O) groups excluding carboxylic acids is 2. The monoisotopic (exact) mass is 264 g/mol. The first-order valence-electron chi connectivity index (χ1n) is 4.73. The molecule has 1 heterocycles. The second-order valence-corrected chi connectivity index (χ2v) is 4.92. The van der Waals surface area contributed by atoms with Gasteiger partial charge in [-0.25, -0.2) is 9.59 Å². The summed E-state index contributed by atoms with van der Waals surface area (Å²) < 4.78 is 30.7. The minimum atomic E-state index is -3.60. The van der Waals surface area contributed by atoms with Crippen LogP contribution < -0.4 is 0 Å². The van der Waals surface area contributed by atoms with Gasteiger partial charge in [-0.05, 0) is 6.92 Å². The maximum atomic E-state index is 11.9. The van der Waals surface area contributed by atoms with Crippen molar-refractivity contribution in [3.8, 4) is 0 Å². The number of hydrogen-bond donors (Lipinski definition) is 0. The average molecular weight is 264 g/mol. The molecular weight excluding hydrogens is 251 g/mol. The maximum absolute atomic E-state index is 11.9. The molecule has 96 valence electrons. The van der Waals surface area contributed by atoms with Crippen LogP contribution in [0.4, 0.5) is 0 Å². The molecule has 0 amide bonds. The lowest BCUT2D eigenvalue weighted by Gasteiger charge is -2.10. The Morgan fingerprint density at radius 1 is 1.12 bits per heavy atom. The molecule has 0 spiro atoms. The van der Waals surface area contributed by atoms with E-state index in [-0.39, 0.29) is 0 Å². The Labute approximate surface area is 98.2 Å². The number of ether oxygens (including phenoxy) is 2. The fourth-order valence-corrected chi connectivity index (χ4v) is 2.85. The summed E-state index contributed by atoms with van der Waals surface area (Å²) in [5, 5.41) is 0. The highest BCUT2D eigenvalue weighted by Crippen LogP contribution is 2.58. The van der Waals surface area contributed by atoms with Gasteiger partial charge < -0.3 is 9.47 Å². The Morgan fingerprint density at radius 3 is 1.82 bits per heavy atom. The maximum Gasteiger partial charge on any atom is 0.355 e. The van der Waals surface area contributed by atoms with Gasteiger partial charge in [0.25, 0.3) is 0 Å². The molecule has 2 atom stereocenters. The summed E-state index contributed by atoms with van der Waals surface area (Å²) in [5.41, 5.74) is 0. The molecule has 0 radical (unpaired) electrons. The average Bonchev–Trinajstić information content (AvgIpc) is 2.65. The summed E-state index contributed by atoms with van der Waals surface area (Å²) in [4.78, 5) is 22.7. The first kappa shape index (κ1) is 13.9. The lowest BCUT2D eigenvalue weighted by molar-refractivity contribution is -0.160. The summed E-state index contributed by atoms with van der Waals surface area (Å²) in [6.07, 6.45) is -1.32. The highest BCUT2D eigenvalue weighted by atomic mass is 31.2. The molecular formula is C9H13O7P. The van der Waals surface area contributed by atoms with Crippen molar-refractivity contribution >= 4 is 19.5 Å². The number of hydrogen-bond acceptors (Lipinski definition) is 7. The first-order valence-corrected chi connectivity index (χ1v) is 6.34.